The van der Waals surface area contributed by atoms with Gasteiger partial charge < -0.3 is 25.8 Å². The third-order valence-corrected chi connectivity index (χ3v) is 3.04. The molecule has 0 aliphatic carbocycles. The van der Waals surface area contributed by atoms with Gasteiger partial charge in [-0.15, -0.1) is 12.4 Å². The van der Waals surface area contributed by atoms with Crippen molar-refractivity contribution >= 4 is 30.5 Å². The molecule has 0 aromatic heterocycles. The third-order valence-electron chi connectivity index (χ3n) is 3.04. The van der Waals surface area contributed by atoms with E-state index in [1.807, 2.05) is 0 Å². The van der Waals surface area contributed by atoms with Gasteiger partial charge in [0.15, 0.2) is 23.0 Å². The molecule has 0 heterocycles. The molecule has 0 radical (unpaired) electrons. The van der Waals surface area contributed by atoms with Crippen LogP contribution in [0.5, 0.6) is 23.0 Å². The number of aliphatic imine (C=N–C) groups is 2. The molecule has 132 valence electrons. The Morgan fingerprint density at radius 1 is 0.760 bits per heavy atom. The van der Waals surface area contributed by atoms with Crippen molar-refractivity contribution in [2.24, 2.45) is 9.98 Å². The maximum atomic E-state index is 9.36. The van der Waals surface area contributed by atoms with Crippen molar-refractivity contribution in [3.05, 3.63) is 47.5 Å². The standard InChI is InChI=1S/C17H17N3O4.ClH/c18-13(9-19-7-11-1-3-14(21)16(23)5-11)10-20-8-12-2-4-15(22)17(24)6-12;/h1-8,18,21-24H,9-10H2;1H. The van der Waals surface area contributed by atoms with Gasteiger partial charge in [0.1, 0.15) is 0 Å². The molecule has 2 rings (SSSR count). The van der Waals surface area contributed by atoms with Crippen LogP contribution in [-0.2, 0) is 0 Å². The molecule has 0 saturated carbocycles. The van der Waals surface area contributed by atoms with Crippen molar-refractivity contribution in [1.29, 1.82) is 5.41 Å². The van der Waals surface area contributed by atoms with E-state index in [-0.39, 0.29) is 54.2 Å². The Balaban J connectivity index is 0.00000312. The maximum Gasteiger partial charge on any atom is 0.158 e. The molecule has 0 atom stereocenters. The quantitative estimate of drug-likeness (QED) is 0.398. The zero-order valence-electron chi connectivity index (χ0n) is 13.1. The van der Waals surface area contributed by atoms with E-state index in [0.717, 1.165) is 0 Å². The number of benzene rings is 2. The first-order valence-electron chi connectivity index (χ1n) is 7.05. The number of phenols is 4. The van der Waals surface area contributed by atoms with E-state index < -0.39 is 0 Å². The summed E-state index contributed by atoms with van der Waals surface area (Å²) in [6, 6.07) is 8.66. The van der Waals surface area contributed by atoms with E-state index in [1.54, 1.807) is 12.1 Å². The highest BCUT2D eigenvalue weighted by molar-refractivity contribution is 5.90. The Hall–Kier alpha value is -3.06. The van der Waals surface area contributed by atoms with Crippen LogP contribution < -0.4 is 0 Å². The lowest BCUT2D eigenvalue weighted by molar-refractivity contribution is 0.403. The molecular weight excluding hydrogens is 346 g/mol. The zero-order chi connectivity index (χ0) is 17.5. The van der Waals surface area contributed by atoms with Crippen LogP contribution in [0.25, 0.3) is 0 Å². The van der Waals surface area contributed by atoms with E-state index in [9.17, 15) is 20.4 Å². The lowest BCUT2D eigenvalue weighted by Gasteiger charge is -1.99. The highest BCUT2D eigenvalue weighted by Gasteiger charge is 2.00. The molecule has 25 heavy (non-hydrogen) atoms. The van der Waals surface area contributed by atoms with Gasteiger partial charge in [-0.3, -0.25) is 9.98 Å². The Morgan fingerprint density at radius 3 is 1.52 bits per heavy atom. The summed E-state index contributed by atoms with van der Waals surface area (Å²) >= 11 is 0. The summed E-state index contributed by atoms with van der Waals surface area (Å²) in [7, 11) is 0. The molecule has 0 fully saturated rings. The second-order valence-corrected chi connectivity index (χ2v) is 5.04. The zero-order valence-corrected chi connectivity index (χ0v) is 13.9. The second kappa shape index (κ2) is 9.29. The van der Waals surface area contributed by atoms with Gasteiger partial charge in [0.05, 0.1) is 18.8 Å². The molecule has 8 heteroatoms. The molecule has 0 aliphatic rings. The second-order valence-electron chi connectivity index (χ2n) is 5.04. The first-order valence-corrected chi connectivity index (χ1v) is 7.05. The molecule has 0 bridgehead atoms. The van der Waals surface area contributed by atoms with Gasteiger partial charge in [-0.25, -0.2) is 0 Å². The number of phenolic OH excluding ortho intramolecular Hbond substituents is 4. The minimum absolute atomic E-state index is 0. The highest BCUT2D eigenvalue weighted by Crippen LogP contribution is 2.24. The van der Waals surface area contributed by atoms with Gasteiger partial charge in [0.25, 0.3) is 0 Å². The number of rotatable bonds is 6. The van der Waals surface area contributed by atoms with Crippen LogP contribution in [-0.4, -0.2) is 51.7 Å². The summed E-state index contributed by atoms with van der Waals surface area (Å²) in [5.41, 5.74) is 1.51. The first kappa shape index (κ1) is 20.0. The van der Waals surface area contributed by atoms with E-state index >= 15 is 0 Å². The molecule has 2 aromatic rings. The topological polar surface area (TPSA) is 129 Å². The van der Waals surface area contributed by atoms with Crippen LogP contribution in [0, 0.1) is 5.41 Å². The summed E-state index contributed by atoms with van der Waals surface area (Å²) < 4.78 is 0. The van der Waals surface area contributed by atoms with Gasteiger partial charge in [-0.2, -0.15) is 0 Å². The molecule has 5 N–H and O–H groups in total. The average Bonchev–Trinajstić information content (AvgIpc) is 2.54. The van der Waals surface area contributed by atoms with Gasteiger partial charge in [0.2, 0.25) is 0 Å². The average molecular weight is 364 g/mol. The molecule has 0 amide bonds. The minimum atomic E-state index is -0.226. The van der Waals surface area contributed by atoms with Gasteiger partial charge in [-0.05, 0) is 47.5 Å². The number of hydrogen-bond donors (Lipinski definition) is 5. The Morgan fingerprint density at radius 2 is 1.16 bits per heavy atom. The van der Waals surface area contributed by atoms with Crippen molar-refractivity contribution in [2.75, 3.05) is 13.1 Å². The molecule has 7 nitrogen and oxygen atoms in total. The van der Waals surface area contributed by atoms with Crippen molar-refractivity contribution in [3.8, 4) is 23.0 Å². The van der Waals surface area contributed by atoms with E-state index in [1.165, 1.54) is 36.7 Å². The van der Waals surface area contributed by atoms with Crippen molar-refractivity contribution in [2.45, 2.75) is 0 Å². The lowest BCUT2D eigenvalue weighted by Crippen LogP contribution is -2.06. The summed E-state index contributed by atoms with van der Waals surface area (Å²) in [5, 5.41) is 44.9. The number of hydrogen-bond acceptors (Lipinski definition) is 7. The van der Waals surface area contributed by atoms with Crippen molar-refractivity contribution in [3.63, 3.8) is 0 Å². The fourth-order valence-corrected chi connectivity index (χ4v) is 1.81. The van der Waals surface area contributed by atoms with Crippen LogP contribution in [0.1, 0.15) is 11.1 Å². The largest absolute Gasteiger partial charge is 0.504 e. The van der Waals surface area contributed by atoms with Gasteiger partial charge in [-0.1, -0.05) is 0 Å². The number of nitrogens with zero attached hydrogens (tertiary/aromatic N) is 2. The Kier molecular flexibility index (Phi) is 7.43. The molecule has 0 unspecified atom stereocenters. The summed E-state index contributed by atoms with van der Waals surface area (Å²) in [4.78, 5) is 8.15. The SMILES string of the molecule is Cl.N=C(CN=Cc1ccc(O)c(O)c1)CN=Cc1ccc(O)c(O)c1. The number of aromatic hydroxyl groups is 4. The fraction of sp³-hybridized carbons (Fsp3) is 0.118. The molecule has 2 aromatic carbocycles. The molecule has 0 spiro atoms. The Labute approximate surface area is 150 Å². The summed E-state index contributed by atoms with van der Waals surface area (Å²) in [6.45, 7) is 0.305. The molecule has 0 saturated heterocycles. The third kappa shape index (κ3) is 6.15. The van der Waals surface area contributed by atoms with Crippen LogP contribution in [0.4, 0.5) is 0 Å². The molecular formula is C17H18ClN3O4. The van der Waals surface area contributed by atoms with Gasteiger partial charge in [0, 0.05) is 12.4 Å². The highest BCUT2D eigenvalue weighted by atomic mass is 35.5. The smallest absolute Gasteiger partial charge is 0.158 e. The fourth-order valence-electron chi connectivity index (χ4n) is 1.81. The van der Waals surface area contributed by atoms with Crippen LogP contribution in [0.3, 0.4) is 0 Å². The van der Waals surface area contributed by atoms with E-state index in [4.69, 9.17) is 5.41 Å². The predicted molar refractivity (Wildman–Crippen MR) is 99.4 cm³/mol. The monoisotopic (exact) mass is 363 g/mol. The minimum Gasteiger partial charge on any atom is -0.504 e. The van der Waals surface area contributed by atoms with Crippen LogP contribution in [0.15, 0.2) is 46.4 Å². The first-order chi connectivity index (χ1) is 11.5. The molecule has 0 aliphatic heterocycles. The summed E-state index contributed by atoms with van der Waals surface area (Å²) in [5.74, 6) is -0.851. The summed E-state index contributed by atoms with van der Waals surface area (Å²) in [6.07, 6.45) is 2.99. The maximum absolute atomic E-state index is 9.36. The lowest BCUT2D eigenvalue weighted by atomic mass is 10.2. The van der Waals surface area contributed by atoms with Crippen LogP contribution in [0.2, 0.25) is 0 Å². The number of halogens is 1. The van der Waals surface area contributed by atoms with E-state index in [0.29, 0.717) is 11.1 Å². The van der Waals surface area contributed by atoms with E-state index in [2.05, 4.69) is 9.98 Å². The Bertz CT molecular complexity index is 741. The number of nitrogens with one attached hydrogen (secondary N) is 1. The van der Waals surface area contributed by atoms with Crippen LogP contribution >= 0.6 is 12.4 Å². The van der Waals surface area contributed by atoms with Gasteiger partial charge >= 0.3 is 0 Å². The predicted octanol–water partition coefficient (Wildman–Crippen LogP) is 2.49. The van der Waals surface area contributed by atoms with Crippen molar-refractivity contribution < 1.29 is 20.4 Å². The van der Waals surface area contributed by atoms with Crippen molar-refractivity contribution in [1.82, 2.24) is 0 Å². The normalized spacial score (nSPS) is 10.9.